The number of carbonyl (C=O) groups excluding carboxylic acids is 1. The molecule has 5 aromatic rings. The highest BCUT2D eigenvalue weighted by atomic mass is 32.2. The summed E-state index contributed by atoms with van der Waals surface area (Å²) in [4.78, 5) is 24.9. The molecule has 5 nitrogen and oxygen atoms in total. The summed E-state index contributed by atoms with van der Waals surface area (Å²) < 4.78 is 7.15. The number of benzene rings is 3. The second-order valence-corrected chi connectivity index (χ2v) is 9.94. The third kappa shape index (κ3) is 4.09. The fourth-order valence-corrected chi connectivity index (χ4v) is 5.85. The molecular weight excluding hydrogens is 474 g/mol. The molecule has 0 N–H and O–H groups in total. The molecule has 7 heteroatoms. The smallest absolute Gasteiger partial charge is 0.267 e. The summed E-state index contributed by atoms with van der Waals surface area (Å²) in [5, 5.41) is 3.58. The van der Waals surface area contributed by atoms with Crippen LogP contribution in [-0.2, 0) is 4.79 Å². The van der Waals surface area contributed by atoms with Gasteiger partial charge in [0.15, 0.2) is 15.9 Å². The zero-order chi connectivity index (χ0) is 23.8. The van der Waals surface area contributed by atoms with E-state index in [4.69, 9.17) is 9.41 Å². The van der Waals surface area contributed by atoms with E-state index in [1.807, 2.05) is 66.7 Å². The summed E-state index contributed by atoms with van der Waals surface area (Å²) in [6.07, 6.45) is 3.48. The Balaban J connectivity index is 1.33. The van der Waals surface area contributed by atoms with Gasteiger partial charge in [-0.3, -0.25) is 9.69 Å². The van der Waals surface area contributed by atoms with Gasteiger partial charge in [0.1, 0.15) is 5.76 Å². The van der Waals surface area contributed by atoms with Crippen molar-refractivity contribution in [3.8, 4) is 10.8 Å². The predicted molar refractivity (Wildman–Crippen MR) is 146 cm³/mol. The lowest BCUT2D eigenvalue weighted by Gasteiger charge is -2.13. The van der Waals surface area contributed by atoms with Crippen molar-refractivity contribution in [1.29, 1.82) is 0 Å². The van der Waals surface area contributed by atoms with Crippen LogP contribution in [0.15, 0.2) is 106 Å². The summed E-state index contributed by atoms with van der Waals surface area (Å²) in [6, 6.07) is 25.8. The lowest BCUT2D eigenvalue weighted by molar-refractivity contribution is -0.121. The molecular formula is C28H19N3O2S2. The number of aromatic nitrogens is 1. The Labute approximate surface area is 210 Å². The van der Waals surface area contributed by atoms with Crippen molar-refractivity contribution in [2.24, 2.45) is 4.99 Å². The van der Waals surface area contributed by atoms with E-state index in [-0.39, 0.29) is 5.91 Å². The van der Waals surface area contributed by atoms with Crippen LogP contribution in [-0.4, -0.2) is 27.5 Å². The Kier molecular flexibility index (Phi) is 5.56. The monoisotopic (exact) mass is 493 g/mol. The highest BCUT2D eigenvalue weighted by Crippen LogP contribution is 2.37. The van der Waals surface area contributed by atoms with Crippen molar-refractivity contribution in [2.75, 3.05) is 6.54 Å². The molecule has 6 rings (SSSR count). The lowest BCUT2D eigenvalue weighted by Crippen LogP contribution is -2.29. The number of rotatable bonds is 5. The molecule has 1 amide bonds. The second-order valence-electron chi connectivity index (χ2n) is 7.90. The van der Waals surface area contributed by atoms with E-state index in [1.54, 1.807) is 28.4 Å². The van der Waals surface area contributed by atoms with Gasteiger partial charge in [0, 0.05) is 18.0 Å². The second kappa shape index (κ2) is 9.02. The van der Waals surface area contributed by atoms with E-state index in [0.29, 0.717) is 28.1 Å². The first-order valence-electron chi connectivity index (χ1n) is 11.0. The molecule has 0 bridgehead atoms. The number of thioether (sulfide) groups is 1. The molecule has 170 valence electrons. The predicted octanol–water partition coefficient (Wildman–Crippen LogP) is 7.50. The number of carbonyl (C=O) groups is 1. The molecule has 1 fully saturated rings. The van der Waals surface area contributed by atoms with Gasteiger partial charge in [0.25, 0.3) is 5.91 Å². The first kappa shape index (κ1) is 21.6. The first-order chi connectivity index (χ1) is 17.2. The van der Waals surface area contributed by atoms with Crippen molar-refractivity contribution in [3.63, 3.8) is 0 Å². The Morgan fingerprint density at radius 1 is 1.00 bits per heavy atom. The van der Waals surface area contributed by atoms with Gasteiger partial charge in [-0.15, -0.1) is 17.9 Å². The van der Waals surface area contributed by atoms with Crippen molar-refractivity contribution in [3.05, 3.63) is 102 Å². The molecule has 3 aromatic carbocycles. The minimum atomic E-state index is -0.119. The highest BCUT2D eigenvalue weighted by Gasteiger charge is 2.33. The summed E-state index contributed by atoms with van der Waals surface area (Å²) >= 11 is 2.92. The summed E-state index contributed by atoms with van der Waals surface area (Å²) in [5.74, 6) is 1.16. The molecule has 0 aliphatic carbocycles. The quantitative estimate of drug-likeness (QED) is 0.188. The first-order valence-corrected chi connectivity index (χ1v) is 12.7. The van der Waals surface area contributed by atoms with Gasteiger partial charge >= 0.3 is 0 Å². The number of amidine groups is 1. The van der Waals surface area contributed by atoms with E-state index in [0.717, 1.165) is 31.7 Å². The van der Waals surface area contributed by atoms with E-state index in [9.17, 15) is 4.79 Å². The van der Waals surface area contributed by atoms with Crippen LogP contribution < -0.4 is 0 Å². The van der Waals surface area contributed by atoms with E-state index >= 15 is 0 Å². The number of amides is 1. The number of nitrogens with zero attached hydrogens (tertiary/aromatic N) is 3. The third-order valence-electron chi connectivity index (χ3n) is 5.59. The number of hydrogen-bond acceptors (Lipinski definition) is 6. The summed E-state index contributed by atoms with van der Waals surface area (Å²) in [6.45, 7) is 4.19. The SMILES string of the molecule is C=CCN1C(=O)/C(=C/c2ccc(-c3nc4ccccc4s3)o2)SC1=Nc1cccc2ccccc12. The Bertz CT molecular complexity index is 1620. The molecule has 0 spiro atoms. The van der Waals surface area contributed by atoms with Gasteiger partial charge < -0.3 is 4.42 Å². The van der Waals surface area contributed by atoms with Crippen molar-refractivity contribution in [2.45, 2.75) is 0 Å². The van der Waals surface area contributed by atoms with Crippen LogP contribution in [0, 0.1) is 0 Å². The molecule has 0 unspecified atom stereocenters. The molecule has 0 atom stereocenters. The Morgan fingerprint density at radius 2 is 1.83 bits per heavy atom. The van der Waals surface area contributed by atoms with Gasteiger partial charge in [-0.2, -0.15) is 0 Å². The molecule has 1 aliphatic rings. The lowest BCUT2D eigenvalue weighted by atomic mass is 10.1. The van der Waals surface area contributed by atoms with Gasteiger partial charge in [-0.05, 0) is 47.5 Å². The minimum Gasteiger partial charge on any atom is -0.454 e. The number of para-hydroxylation sites is 1. The normalized spacial score (nSPS) is 16.2. The number of aliphatic imine (C=N–C) groups is 1. The Hall–Kier alpha value is -3.94. The average Bonchev–Trinajstić information content (AvgIpc) is 3.59. The molecule has 0 saturated carbocycles. The van der Waals surface area contributed by atoms with Crippen LogP contribution >= 0.6 is 23.1 Å². The van der Waals surface area contributed by atoms with Crippen molar-refractivity contribution < 1.29 is 9.21 Å². The minimum absolute atomic E-state index is 0.119. The van der Waals surface area contributed by atoms with E-state index < -0.39 is 0 Å². The highest BCUT2D eigenvalue weighted by molar-refractivity contribution is 8.18. The number of fused-ring (bicyclic) bond motifs is 2. The van der Waals surface area contributed by atoms with Crippen LogP contribution in [0.25, 0.3) is 37.8 Å². The number of furan rings is 1. The average molecular weight is 494 g/mol. The van der Waals surface area contributed by atoms with Crippen LogP contribution in [0.2, 0.25) is 0 Å². The maximum atomic E-state index is 13.2. The molecule has 0 radical (unpaired) electrons. The van der Waals surface area contributed by atoms with Crippen LogP contribution in [0.3, 0.4) is 0 Å². The van der Waals surface area contributed by atoms with Gasteiger partial charge in [-0.25, -0.2) is 9.98 Å². The molecule has 35 heavy (non-hydrogen) atoms. The molecule has 1 aliphatic heterocycles. The van der Waals surface area contributed by atoms with E-state index in [2.05, 4.69) is 23.7 Å². The topological polar surface area (TPSA) is 58.7 Å². The van der Waals surface area contributed by atoms with Gasteiger partial charge in [0.05, 0.1) is 20.8 Å². The zero-order valence-corrected chi connectivity index (χ0v) is 20.2. The van der Waals surface area contributed by atoms with E-state index in [1.165, 1.54) is 11.8 Å². The summed E-state index contributed by atoms with van der Waals surface area (Å²) in [7, 11) is 0. The maximum absolute atomic E-state index is 13.2. The maximum Gasteiger partial charge on any atom is 0.267 e. The zero-order valence-electron chi connectivity index (χ0n) is 18.5. The van der Waals surface area contributed by atoms with Crippen LogP contribution in [0.4, 0.5) is 5.69 Å². The van der Waals surface area contributed by atoms with Crippen LogP contribution in [0.5, 0.6) is 0 Å². The third-order valence-corrected chi connectivity index (χ3v) is 7.64. The fraction of sp³-hybridized carbons (Fsp3) is 0.0357. The summed E-state index contributed by atoms with van der Waals surface area (Å²) in [5.41, 5.74) is 1.77. The van der Waals surface area contributed by atoms with Crippen molar-refractivity contribution in [1.82, 2.24) is 9.88 Å². The van der Waals surface area contributed by atoms with Gasteiger partial charge in [0.2, 0.25) is 0 Å². The van der Waals surface area contributed by atoms with Gasteiger partial charge in [-0.1, -0.05) is 54.6 Å². The number of hydrogen-bond donors (Lipinski definition) is 0. The molecule has 2 aromatic heterocycles. The van der Waals surface area contributed by atoms with Crippen molar-refractivity contribution >= 4 is 66.9 Å². The Morgan fingerprint density at radius 3 is 2.71 bits per heavy atom. The number of thiazole rings is 1. The fourth-order valence-electron chi connectivity index (χ4n) is 3.94. The molecule has 1 saturated heterocycles. The molecule has 3 heterocycles. The van der Waals surface area contributed by atoms with Crippen LogP contribution in [0.1, 0.15) is 5.76 Å². The largest absolute Gasteiger partial charge is 0.454 e. The standard InChI is InChI=1S/C28H19N3O2S2/c1-2-16-31-27(32)25(35-28(31)30-21-12-7-9-18-8-3-4-10-20(18)21)17-19-14-15-23(33-19)26-29-22-11-5-6-13-24(22)34-26/h2-15,17H,1,16H2/b25-17-,30-28?.